The topological polar surface area (TPSA) is 51.5 Å². The monoisotopic (exact) mass is 477 g/mol. The van der Waals surface area contributed by atoms with Crippen molar-refractivity contribution < 1.29 is 18.3 Å². The number of benzene rings is 3. The van der Waals surface area contributed by atoms with E-state index in [1.807, 2.05) is 39.0 Å². The number of rotatable bonds is 7. The summed E-state index contributed by atoms with van der Waals surface area (Å²) in [5, 5.41) is 4.43. The van der Waals surface area contributed by atoms with E-state index in [1.54, 1.807) is 36.6 Å². The Kier molecular flexibility index (Phi) is 7.03. The predicted molar refractivity (Wildman–Crippen MR) is 134 cm³/mol. The molecular formula is C28H25ClFNO3. The number of allylic oxidation sites excluding steroid dienone is 1. The van der Waals surface area contributed by atoms with E-state index in [9.17, 15) is 9.18 Å². The highest BCUT2D eigenvalue weighted by atomic mass is 35.5. The maximum Gasteiger partial charge on any atom is 0.244 e. The van der Waals surface area contributed by atoms with Crippen molar-refractivity contribution in [1.82, 2.24) is 5.32 Å². The average molecular weight is 478 g/mol. The minimum atomic E-state index is -0.296. The molecule has 0 radical (unpaired) electrons. The normalized spacial score (nSPS) is 11.6. The molecule has 0 fully saturated rings. The molecule has 0 aliphatic heterocycles. The summed E-state index contributed by atoms with van der Waals surface area (Å²) in [7, 11) is 0. The number of carbonyl (C=O) groups is 1. The van der Waals surface area contributed by atoms with Crippen molar-refractivity contribution in [1.29, 1.82) is 0 Å². The molecular weight excluding hydrogens is 453 g/mol. The number of hydrogen-bond acceptors (Lipinski definition) is 3. The first-order valence-electron chi connectivity index (χ1n) is 11.0. The SMILES string of the molecule is CCOc1c(/C(C)=C/C(=O)NCc2ccc(Cl)cc2)cc2c(-c3ccc(F)cc3)coc2c1C. The molecule has 0 saturated heterocycles. The molecule has 0 bridgehead atoms. The van der Waals surface area contributed by atoms with Crippen LogP contribution >= 0.6 is 11.6 Å². The van der Waals surface area contributed by atoms with Crippen molar-refractivity contribution in [2.45, 2.75) is 27.3 Å². The molecule has 1 aromatic heterocycles. The lowest BCUT2D eigenvalue weighted by Crippen LogP contribution is -2.20. The molecule has 0 saturated carbocycles. The molecule has 6 heteroatoms. The number of halogens is 2. The Balaban J connectivity index is 1.69. The molecule has 174 valence electrons. The molecule has 0 aliphatic carbocycles. The van der Waals surface area contributed by atoms with Crippen LogP contribution in [0.25, 0.3) is 27.7 Å². The Bertz CT molecular complexity index is 1360. The number of carbonyl (C=O) groups excluding carboxylic acids is 1. The number of furan rings is 1. The number of fused-ring (bicyclic) bond motifs is 1. The second-order valence-corrected chi connectivity index (χ2v) is 8.45. The van der Waals surface area contributed by atoms with E-state index in [0.29, 0.717) is 29.5 Å². The van der Waals surface area contributed by atoms with Gasteiger partial charge in [0.05, 0.1) is 12.9 Å². The van der Waals surface area contributed by atoms with Gasteiger partial charge in [-0.1, -0.05) is 35.9 Å². The number of amides is 1. The average Bonchev–Trinajstić information content (AvgIpc) is 3.25. The summed E-state index contributed by atoms with van der Waals surface area (Å²) in [6.07, 6.45) is 3.24. The Morgan fingerprint density at radius 3 is 2.53 bits per heavy atom. The highest BCUT2D eigenvalue weighted by Gasteiger charge is 2.19. The summed E-state index contributed by atoms with van der Waals surface area (Å²) in [4.78, 5) is 12.6. The molecule has 1 N–H and O–H groups in total. The number of hydrogen-bond donors (Lipinski definition) is 1. The molecule has 4 nitrogen and oxygen atoms in total. The van der Waals surface area contributed by atoms with Crippen LogP contribution in [0.2, 0.25) is 5.02 Å². The van der Waals surface area contributed by atoms with Gasteiger partial charge in [0.25, 0.3) is 0 Å². The van der Waals surface area contributed by atoms with Crippen molar-refractivity contribution in [3.8, 4) is 16.9 Å². The highest BCUT2D eigenvalue weighted by molar-refractivity contribution is 6.30. The van der Waals surface area contributed by atoms with Crippen molar-refractivity contribution in [2.75, 3.05) is 6.61 Å². The van der Waals surface area contributed by atoms with Gasteiger partial charge in [-0.15, -0.1) is 0 Å². The van der Waals surface area contributed by atoms with Crippen LogP contribution < -0.4 is 10.1 Å². The Hall–Kier alpha value is -3.57. The van der Waals surface area contributed by atoms with Crippen LogP contribution in [0.5, 0.6) is 5.75 Å². The van der Waals surface area contributed by atoms with Gasteiger partial charge >= 0.3 is 0 Å². The van der Waals surface area contributed by atoms with E-state index in [0.717, 1.165) is 38.8 Å². The van der Waals surface area contributed by atoms with E-state index in [2.05, 4.69) is 5.32 Å². The van der Waals surface area contributed by atoms with Gasteiger partial charge in [-0.3, -0.25) is 4.79 Å². The standard InChI is InChI=1S/C28H25ClFNO3/c1-4-33-27-18(3)28-24(25(16-34-28)20-7-11-22(30)12-8-20)14-23(27)17(2)13-26(32)31-15-19-5-9-21(29)10-6-19/h5-14,16H,4,15H2,1-3H3,(H,31,32)/b17-13+. The smallest absolute Gasteiger partial charge is 0.244 e. The Labute approximate surface area is 203 Å². The summed E-state index contributed by atoms with van der Waals surface area (Å²) in [6, 6.07) is 15.6. The molecule has 0 unspecified atom stereocenters. The maximum absolute atomic E-state index is 13.4. The largest absolute Gasteiger partial charge is 0.493 e. The van der Waals surface area contributed by atoms with Crippen LogP contribution in [0.4, 0.5) is 4.39 Å². The molecule has 0 atom stereocenters. The fourth-order valence-corrected chi connectivity index (χ4v) is 4.03. The molecule has 1 heterocycles. The first-order valence-corrected chi connectivity index (χ1v) is 11.4. The third-order valence-electron chi connectivity index (χ3n) is 5.64. The van der Waals surface area contributed by atoms with Crippen LogP contribution in [0.15, 0.2) is 71.4 Å². The second-order valence-electron chi connectivity index (χ2n) is 8.02. The lowest BCUT2D eigenvalue weighted by molar-refractivity contribution is -0.116. The minimum absolute atomic E-state index is 0.210. The third kappa shape index (κ3) is 5.00. The predicted octanol–water partition coefficient (Wildman–Crippen LogP) is 7.32. The van der Waals surface area contributed by atoms with Crippen LogP contribution in [0.3, 0.4) is 0 Å². The lowest BCUT2D eigenvalue weighted by atomic mass is 9.96. The fourth-order valence-electron chi connectivity index (χ4n) is 3.91. The van der Waals surface area contributed by atoms with Crippen molar-refractivity contribution in [3.63, 3.8) is 0 Å². The van der Waals surface area contributed by atoms with E-state index >= 15 is 0 Å². The quantitative estimate of drug-likeness (QED) is 0.284. The van der Waals surface area contributed by atoms with Gasteiger partial charge < -0.3 is 14.5 Å². The van der Waals surface area contributed by atoms with Crippen molar-refractivity contribution >= 4 is 34.1 Å². The van der Waals surface area contributed by atoms with Gasteiger partial charge in [-0.25, -0.2) is 4.39 Å². The first-order chi connectivity index (χ1) is 16.4. The highest BCUT2D eigenvalue weighted by Crippen LogP contribution is 2.40. The van der Waals surface area contributed by atoms with Gasteiger partial charge in [0.15, 0.2) is 0 Å². The molecule has 3 aromatic carbocycles. The summed E-state index contributed by atoms with van der Waals surface area (Å²) in [6.45, 7) is 6.59. The number of ether oxygens (including phenoxy) is 1. The van der Waals surface area contributed by atoms with Crippen LogP contribution in [-0.4, -0.2) is 12.5 Å². The summed E-state index contributed by atoms with van der Waals surface area (Å²) >= 11 is 5.92. The number of nitrogens with one attached hydrogen (secondary N) is 1. The van der Waals surface area contributed by atoms with E-state index in [1.165, 1.54) is 12.1 Å². The van der Waals surface area contributed by atoms with E-state index in [-0.39, 0.29) is 11.7 Å². The van der Waals surface area contributed by atoms with Gasteiger partial charge in [-0.2, -0.15) is 0 Å². The maximum atomic E-state index is 13.4. The molecule has 0 aliphatic rings. The summed E-state index contributed by atoms with van der Waals surface area (Å²) < 4.78 is 25.3. The second kappa shape index (κ2) is 10.1. The minimum Gasteiger partial charge on any atom is -0.493 e. The van der Waals surface area contributed by atoms with Gasteiger partial charge in [0.2, 0.25) is 5.91 Å². The van der Waals surface area contributed by atoms with Crippen molar-refractivity contribution in [3.05, 3.63) is 94.5 Å². The van der Waals surface area contributed by atoms with E-state index < -0.39 is 0 Å². The van der Waals surface area contributed by atoms with Crippen LogP contribution in [0.1, 0.15) is 30.5 Å². The molecule has 4 aromatic rings. The van der Waals surface area contributed by atoms with E-state index in [4.69, 9.17) is 20.8 Å². The van der Waals surface area contributed by atoms with Crippen LogP contribution in [0, 0.1) is 12.7 Å². The van der Waals surface area contributed by atoms with Crippen LogP contribution in [-0.2, 0) is 11.3 Å². The third-order valence-corrected chi connectivity index (χ3v) is 5.89. The summed E-state index contributed by atoms with van der Waals surface area (Å²) in [5.74, 6) is 0.170. The molecule has 34 heavy (non-hydrogen) atoms. The lowest BCUT2D eigenvalue weighted by Gasteiger charge is -2.15. The van der Waals surface area contributed by atoms with Gasteiger partial charge in [-0.05, 0) is 67.8 Å². The zero-order valence-electron chi connectivity index (χ0n) is 19.2. The zero-order valence-corrected chi connectivity index (χ0v) is 20.0. The summed E-state index contributed by atoms with van der Waals surface area (Å²) in [5.41, 5.74) is 5.76. The van der Waals surface area contributed by atoms with Gasteiger partial charge in [0, 0.05) is 39.7 Å². The number of aryl methyl sites for hydroxylation is 1. The van der Waals surface area contributed by atoms with Crippen molar-refractivity contribution in [2.24, 2.45) is 0 Å². The fraction of sp³-hybridized carbons (Fsp3) is 0.179. The molecule has 0 spiro atoms. The van der Waals surface area contributed by atoms with Gasteiger partial charge in [0.1, 0.15) is 17.1 Å². The zero-order chi connectivity index (χ0) is 24.2. The first kappa shape index (κ1) is 23.6. The Morgan fingerprint density at radius 2 is 1.85 bits per heavy atom. The molecule has 4 rings (SSSR count). The molecule has 1 amide bonds. The Morgan fingerprint density at radius 1 is 1.15 bits per heavy atom.